The number of hydrogen-bond donors (Lipinski definition) is 1. The number of benzene rings is 2. The number of carbonyl (C=O) groups excluding carboxylic acids is 1. The van der Waals surface area contributed by atoms with Crippen LogP contribution in [0.5, 0.6) is 5.75 Å². The van der Waals surface area contributed by atoms with E-state index < -0.39 is 31.8 Å². The van der Waals surface area contributed by atoms with Gasteiger partial charge in [0, 0.05) is 6.54 Å². The molecule has 7 heteroatoms. The molecule has 0 unspecified atom stereocenters. The van der Waals surface area contributed by atoms with Crippen molar-refractivity contribution in [1.82, 2.24) is 4.90 Å². The third-order valence-corrected chi connectivity index (χ3v) is 13.2. The van der Waals surface area contributed by atoms with Gasteiger partial charge in [-0.25, -0.2) is 0 Å². The summed E-state index contributed by atoms with van der Waals surface area (Å²) in [5.74, 6) is -0.628. The summed E-state index contributed by atoms with van der Waals surface area (Å²) in [6.45, 7) is 22.0. The van der Waals surface area contributed by atoms with Crippen LogP contribution in [0.25, 0.3) is 0 Å². The molecule has 0 radical (unpaired) electrons. The van der Waals surface area contributed by atoms with Gasteiger partial charge in [0.25, 0.3) is 0 Å². The Morgan fingerprint density at radius 2 is 1.67 bits per heavy atom. The minimum absolute atomic E-state index is 0.0108. The summed E-state index contributed by atoms with van der Waals surface area (Å²) in [6.07, 6.45) is -1.42. The van der Waals surface area contributed by atoms with Crippen molar-refractivity contribution in [2.75, 3.05) is 13.3 Å². The molecule has 39 heavy (non-hydrogen) atoms. The molecule has 1 aliphatic heterocycles. The lowest BCUT2D eigenvalue weighted by molar-refractivity contribution is -0.150. The second-order valence-electron chi connectivity index (χ2n) is 13.1. The summed E-state index contributed by atoms with van der Waals surface area (Å²) in [5.41, 5.74) is 1.94. The van der Waals surface area contributed by atoms with Gasteiger partial charge in [-0.05, 0) is 61.5 Å². The van der Waals surface area contributed by atoms with Crippen molar-refractivity contribution in [2.45, 2.75) is 97.8 Å². The van der Waals surface area contributed by atoms with Crippen molar-refractivity contribution >= 4 is 14.3 Å². The summed E-state index contributed by atoms with van der Waals surface area (Å²) >= 11 is 0. The first-order chi connectivity index (χ1) is 18.1. The number of aryl methyl sites for hydroxylation is 2. The van der Waals surface area contributed by atoms with E-state index >= 15 is 0 Å². The fourth-order valence-corrected chi connectivity index (χ4v) is 6.25. The molecular weight excluding hydrogens is 506 g/mol. The minimum Gasteiger partial charge on any atom is -0.426 e. The van der Waals surface area contributed by atoms with Gasteiger partial charge in [0.2, 0.25) is 0 Å². The molecule has 0 aliphatic carbocycles. The van der Waals surface area contributed by atoms with E-state index in [-0.39, 0.29) is 23.7 Å². The number of aliphatic hydroxyl groups is 1. The standard InChI is InChI=1S/C32H49NO5Si/c1-22(2)29-32(20-37-39(9,10)31(6,7)8,33(21-36-29)19-26-17-12-11-13-18-26)28(34)25(5)30(35)38-27-23(3)15-14-16-24(27)4/h11-18,22,25,28-29,34H,19-21H2,1-10H3/t25-,28+,29+,32+/m0/s1. The minimum atomic E-state index is -2.20. The highest BCUT2D eigenvalue weighted by Crippen LogP contribution is 2.43. The van der Waals surface area contributed by atoms with Gasteiger partial charge in [0.05, 0.1) is 30.3 Å². The van der Waals surface area contributed by atoms with Crippen molar-refractivity contribution in [3.8, 4) is 5.75 Å². The lowest BCUT2D eigenvalue weighted by Gasteiger charge is -2.48. The van der Waals surface area contributed by atoms with Crippen LogP contribution in [-0.2, 0) is 20.5 Å². The molecule has 2 aromatic rings. The first-order valence-electron chi connectivity index (χ1n) is 14.1. The molecular formula is C32H49NO5Si. The van der Waals surface area contributed by atoms with Gasteiger partial charge in [-0.15, -0.1) is 0 Å². The quantitative estimate of drug-likeness (QED) is 0.206. The maximum atomic E-state index is 13.6. The molecule has 0 aromatic heterocycles. The number of rotatable bonds is 10. The van der Waals surface area contributed by atoms with Crippen LogP contribution < -0.4 is 4.74 Å². The van der Waals surface area contributed by atoms with E-state index in [1.807, 2.05) is 50.2 Å². The summed E-state index contributed by atoms with van der Waals surface area (Å²) in [4.78, 5) is 15.8. The largest absolute Gasteiger partial charge is 0.426 e. The van der Waals surface area contributed by atoms with E-state index in [9.17, 15) is 9.90 Å². The monoisotopic (exact) mass is 555 g/mol. The molecule has 0 saturated carbocycles. The zero-order valence-electron chi connectivity index (χ0n) is 25.6. The van der Waals surface area contributed by atoms with Gasteiger partial charge >= 0.3 is 5.97 Å². The number of ether oxygens (including phenoxy) is 2. The van der Waals surface area contributed by atoms with E-state index in [4.69, 9.17) is 13.9 Å². The number of carbonyl (C=O) groups is 1. The van der Waals surface area contributed by atoms with Gasteiger partial charge in [-0.1, -0.05) is 83.1 Å². The van der Waals surface area contributed by atoms with Gasteiger partial charge in [-0.2, -0.15) is 0 Å². The molecule has 1 N–H and O–H groups in total. The summed E-state index contributed by atoms with van der Waals surface area (Å²) < 4.78 is 19.2. The van der Waals surface area contributed by atoms with Crippen molar-refractivity contribution in [3.05, 3.63) is 65.2 Å². The number of aliphatic hydroxyl groups excluding tert-OH is 1. The Labute approximate surface area is 236 Å². The lowest BCUT2D eigenvalue weighted by atomic mass is 9.76. The summed E-state index contributed by atoms with van der Waals surface area (Å²) in [7, 11) is -2.20. The molecule has 1 fully saturated rings. The van der Waals surface area contributed by atoms with Gasteiger partial charge < -0.3 is 19.0 Å². The smallest absolute Gasteiger partial charge is 0.316 e. The predicted molar refractivity (Wildman–Crippen MR) is 159 cm³/mol. The Kier molecular flexibility index (Phi) is 9.88. The van der Waals surface area contributed by atoms with Crippen LogP contribution >= 0.6 is 0 Å². The third-order valence-electron chi connectivity index (χ3n) is 8.75. The second-order valence-corrected chi connectivity index (χ2v) is 17.9. The maximum Gasteiger partial charge on any atom is 0.316 e. The molecule has 4 atom stereocenters. The van der Waals surface area contributed by atoms with Crippen molar-refractivity contribution < 1.29 is 23.8 Å². The van der Waals surface area contributed by atoms with Crippen molar-refractivity contribution in [3.63, 3.8) is 0 Å². The maximum absolute atomic E-state index is 13.6. The molecule has 1 heterocycles. The molecule has 216 valence electrons. The van der Waals surface area contributed by atoms with Crippen LogP contribution in [0.4, 0.5) is 0 Å². The molecule has 0 spiro atoms. The van der Waals surface area contributed by atoms with E-state index in [0.717, 1.165) is 16.7 Å². The molecule has 6 nitrogen and oxygen atoms in total. The highest BCUT2D eigenvalue weighted by molar-refractivity contribution is 6.74. The molecule has 1 saturated heterocycles. The summed E-state index contributed by atoms with van der Waals surface area (Å²) in [5, 5.41) is 12.2. The number of esters is 1. The summed E-state index contributed by atoms with van der Waals surface area (Å²) in [6, 6.07) is 16.0. The van der Waals surface area contributed by atoms with Gasteiger partial charge in [-0.3, -0.25) is 9.69 Å². The van der Waals surface area contributed by atoms with Crippen LogP contribution in [0, 0.1) is 25.7 Å². The predicted octanol–water partition coefficient (Wildman–Crippen LogP) is 6.48. The van der Waals surface area contributed by atoms with Gasteiger partial charge in [0.1, 0.15) is 12.5 Å². The second kappa shape index (κ2) is 12.2. The highest BCUT2D eigenvalue weighted by atomic mass is 28.4. The fraction of sp³-hybridized carbons (Fsp3) is 0.594. The van der Waals surface area contributed by atoms with Gasteiger partial charge in [0.15, 0.2) is 8.32 Å². The van der Waals surface area contributed by atoms with Crippen LogP contribution in [0.15, 0.2) is 48.5 Å². The average Bonchev–Trinajstić information content (AvgIpc) is 3.23. The Morgan fingerprint density at radius 3 is 2.21 bits per heavy atom. The third kappa shape index (κ3) is 6.65. The first-order valence-corrected chi connectivity index (χ1v) is 17.0. The van der Waals surface area contributed by atoms with Crippen molar-refractivity contribution in [2.24, 2.45) is 11.8 Å². The van der Waals surface area contributed by atoms with Crippen LogP contribution in [0.3, 0.4) is 0 Å². The zero-order chi connectivity index (χ0) is 29.2. The molecule has 0 amide bonds. The van der Waals surface area contributed by atoms with Crippen LogP contribution in [0.2, 0.25) is 18.1 Å². The topological polar surface area (TPSA) is 68.2 Å². The average molecular weight is 556 g/mol. The van der Waals surface area contributed by atoms with Crippen molar-refractivity contribution in [1.29, 1.82) is 0 Å². The number of hydrogen-bond acceptors (Lipinski definition) is 6. The van der Waals surface area contributed by atoms with E-state index in [0.29, 0.717) is 19.0 Å². The lowest BCUT2D eigenvalue weighted by Crippen LogP contribution is -2.66. The van der Waals surface area contributed by atoms with Crippen LogP contribution in [-0.4, -0.2) is 55.4 Å². The number of nitrogens with zero attached hydrogens (tertiary/aromatic N) is 1. The fourth-order valence-electron chi connectivity index (χ4n) is 5.22. The zero-order valence-corrected chi connectivity index (χ0v) is 26.6. The molecule has 3 rings (SSSR count). The molecule has 1 aliphatic rings. The Morgan fingerprint density at radius 1 is 1.08 bits per heavy atom. The number of para-hydroxylation sites is 1. The Hall–Kier alpha value is -2.03. The first kappa shape index (κ1) is 31.5. The Bertz CT molecular complexity index is 1090. The highest BCUT2D eigenvalue weighted by Gasteiger charge is 2.59. The normalized spacial score (nSPS) is 22.2. The van der Waals surface area contributed by atoms with E-state index in [1.165, 1.54) is 0 Å². The van der Waals surface area contributed by atoms with E-state index in [1.54, 1.807) is 6.92 Å². The van der Waals surface area contributed by atoms with E-state index in [2.05, 4.69) is 64.7 Å². The molecule has 2 aromatic carbocycles. The SMILES string of the molecule is Cc1cccc(C)c1OC(=O)[C@@H](C)[C@@H](O)[C@]1(CO[Si](C)(C)C(C)(C)C)[C@@H](C(C)C)OCN1Cc1ccccc1. The van der Waals surface area contributed by atoms with Crippen LogP contribution in [0.1, 0.15) is 58.2 Å². The Balaban J connectivity index is 2.04. The molecule has 0 bridgehead atoms.